The van der Waals surface area contributed by atoms with Gasteiger partial charge in [0.1, 0.15) is 6.04 Å². The van der Waals surface area contributed by atoms with Crippen molar-refractivity contribution in [2.75, 3.05) is 13.6 Å². The Labute approximate surface area is 131 Å². The summed E-state index contributed by atoms with van der Waals surface area (Å²) in [5, 5.41) is 5.71. The maximum atomic E-state index is 12.3. The first kappa shape index (κ1) is 18.1. The summed E-state index contributed by atoms with van der Waals surface area (Å²) in [5.41, 5.74) is 11.8. The van der Waals surface area contributed by atoms with E-state index in [1.807, 2.05) is 30.3 Å². The molecule has 1 aromatic rings. The number of primary amides is 1. The van der Waals surface area contributed by atoms with E-state index in [0.717, 1.165) is 18.4 Å². The van der Waals surface area contributed by atoms with Crippen LogP contribution in [-0.4, -0.2) is 37.5 Å². The van der Waals surface area contributed by atoms with Gasteiger partial charge in [0.2, 0.25) is 11.8 Å². The second kappa shape index (κ2) is 9.92. The Bertz CT molecular complexity index is 464. The molecule has 2 atom stereocenters. The summed E-state index contributed by atoms with van der Waals surface area (Å²) in [4.78, 5) is 23.8. The van der Waals surface area contributed by atoms with Gasteiger partial charge in [0.05, 0.1) is 6.04 Å². The molecule has 0 aromatic heterocycles. The quantitative estimate of drug-likeness (QED) is 0.453. The molecule has 1 unspecified atom stereocenters. The number of hydrogen-bond donors (Lipinski definition) is 4. The highest BCUT2D eigenvalue weighted by molar-refractivity contribution is 5.89. The lowest BCUT2D eigenvalue weighted by molar-refractivity contribution is -0.128. The molecule has 0 heterocycles. The van der Waals surface area contributed by atoms with Crippen molar-refractivity contribution in [2.45, 2.75) is 37.8 Å². The van der Waals surface area contributed by atoms with Crippen molar-refractivity contribution in [2.24, 2.45) is 11.5 Å². The largest absolute Gasteiger partial charge is 0.368 e. The van der Waals surface area contributed by atoms with Crippen molar-refractivity contribution in [3.05, 3.63) is 35.9 Å². The summed E-state index contributed by atoms with van der Waals surface area (Å²) in [5.74, 6) is -0.733. The molecule has 6 N–H and O–H groups in total. The van der Waals surface area contributed by atoms with Gasteiger partial charge in [-0.3, -0.25) is 9.59 Å². The molecule has 122 valence electrons. The third-order valence-electron chi connectivity index (χ3n) is 3.55. The molecule has 0 saturated carbocycles. The van der Waals surface area contributed by atoms with Crippen LogP contribution >= 0.6 is 0 Å². The fraction of sp³-hybridized carbons (Fsp3) is 0.500. The Morgan fingerprint density at radius 1 is 1.14 bits per heavy atom. The summed E-state index contributed by atoms with van der Waals surface area (Å²) < 4.78 is 0. The standard InChI is InChI=1S/C16H26N4O2/c1-19-14(11-12-7-3-2-4-8-12)16(22)20-13(15(18)21)9-5-6-10-17/h2-4,7-8,13-14,19H,5-6,9-11,17H2,1H3,(H2,18,21)(H,20,22)/t13?,14-/m0/s1. The van der Waals surface area contributed by atoms with E-state index in [9.17, 15) is 9.59 Å². The number of amides is 2. The van der Waals surface area contributed by atoms with E-state index in [1.165, 1.54) is 0 Å². The minimum atomic E-state index is -0.648. The van der Waals surface area contributed by atoms with Gasteiger partial charge in [-0.15, -0.1) is 0 Å². The second-order valence-electron chi connectivity index (χ2n) is 5.28. The average Bonchev–Trinajstić information content (AvgIpc) is 2.52. The van der Waals surface area contributed by atoms with Crippen molar-refractivity contribution in [3.8, 4) is 0 Å². The minimum absolute atomic E-state index is 0.220. The van der Waals surface area contributed by atoms with E-state index < -0.39 is 18.0 Å². The monoisotopic (exact) mass is 306 g/mol. The van der Waals surface area contributed by atoms with Crippen molar-refractivity contribution >= 4 is 11.8 Å². The molecule has 6 heteroatoms. The molecule has 0 radical (unpaired) electrons. The van der Waals surface area contributed by atoms with Gasteiger partial charge in [-0.05, 0) is 44.8 Å². The Balaban J connectivity index is 2.59. The third kappa shape index (κ3) is 6.24. The molecule has 0 fully saturated rings. The summed E-state index contributed by atoms with van der Waals surface area (Å²) >= 11 is 0. The van der Waals surface area contributed by atoms with Crippen LogP contribution in [0.5, 0.6) is 0 Å². The van der Waals surface area contributed by atoms with Crippen LogP contribution < -0.4 is 22.1 Å². The number of carbonyl (C=O) groups excluding carboxylic acids is 2. The van der Waals surface area contributed by atoms with Crippen LogP contribution in [0.15, 0.2) is 30.3 Å². The first-order chi connectivity index (χ1) is 10.6. The molecule has 0 spiro atoms. The van der Waals surface area contributed by atoms with Crippen LogP contribution in [0.1, 0.15) is 24.8 Å². The van der Waals surface area contributed by atoms with Crippen LogP contribution in [-0.2, 0) is 16.0 Å². The van der Waals surface area contributed by atoms with Crippen LogP contribution in [0.2, 0.25) is 0 Å². The van der Waals surface area contributed by atoms with Gasteiger partial charge in [0, 0.05) is 0 Å². The molecule has 6 nitrogen and oxygen atoms in total. The predicted molar refractivity (Wildman–Crippen MR) is 87.0 cm³/mol. The topological polar surface area (TPSA) is 110 Å². The highest BCUT2D eigenvalue weighted by Gasteiger charge is 2.23. The van der Waals surface area contributed by atoms with E-state index in [4.69, 9.17) is 11.5 Å². The molecule has 0 aliphatic rings. The van der Waals surface area contributed by atoms with Crippen LogP contribution in [0, 0.1) is 0 Å². The van der Waals surface area contributed by atoms with E-state index in [0.29, 0.717) is 19.4 Å². The summed E-state index contributed by atoms with van der Waals surface area (Å²) in [6.45, 7) is 0.562. The fourth-order valence-electron chi connectivity index (χ4n) is 2.23. The Kier molecular flexibility index (Phi) is 8.17. The van der Waals surface area contributed by atoms with Gasteiger partial charge in [0.15, 0.2) is 0 Å². The number of rotatable bonds is 10. The fourth-order valence-corrected chi connectivity index (χ4v) is 2.23. The van der Waals surface area contributed by atoms with Crippen LogP contribution in [0.3, 0.4) is 0 Å². The van der Waals surface area contributed by atoms with Gasteiger partial charge >= 0.3 is 0 Å². The van der Waals surface area contributed by atoms with E-state index in [2.05, 4.69) is 10.6 Å². The molecule has 0 bridgehead atoms. The smallest absolute Gasteiger partial charge is 0.240 e. The van der Waals surface area contributed by atoms with Gasteiger partial charge in [0.25, 0.3) is 0 Å². The first-order valence-electron chi connectivity index (χ1n) is 7.59. The van der Waals surface area contributed by atoms with E-state index >= 15 is 0 Å². The Morgan fingerprint density at radius 3 is 2.36 bits per heavy atom. The van der Waals surface area contributed by atoms with Gasteiger partial charge in [-0.1, -0.05) is 30.3 Å². The third-order valence-corrected chi connectivity index (χ3v) is 3.55. The lowest BCUT2D eigenvalue weighted by Gasteiger charge is -2.20. The zero-order chi connectivity index (χ0) is 16.4. The summed E-state index contributed by atoms with van der Waals surface area (Å²) in [6.07, 6.45) is 2.63. The Morgan fingerprint density at radius 2 is 1.82 bits per heavy atom. The highest BCUT2D eigenvalue weighted by Crippen LogP contribution is 2.05. The van der Waals surface area contributed by atoms with Crippen LogP contribution in [0.25, 0.3) is 0 Å². The zero-order valence-corrected chi connectivity index (χ0v) is 13.0. The molecule has 22 heavy (non-hydrogen) atoms. The number of benzene rings is 1. The first-order valence-corrected chi connectivity index (χ1v) is 7.59. The molecular formula is C16H26N4O2. The molecule has 0 saturated heterocycles. The lowest BCUT2D eigenvalue weighted by Crippen LogP contribution is -2.51. The highest BCUT2D eigenvalue weighted by atomic mass is 16.2. The number of nitrogens with two attached hydrogens (primary N) is 2. The molecule has 1 aromatic carbocycles. The van der Waals surface area contributed by atoms with Gasteiger partial charge < -0.3 is 22.1 Å². The van der Waals surface area contributed by atoms with Gasteiger partial charge in [-0.2, -0.15) is 0 Å². The maximum absolute atomic E-state index is 12.3. The molecule has 1 rings (SSSR count). The molecule has 0 aliphatic carbocycles. The van der Waals surface area contributed by atoms with E-state index in [-0.39, 0.29) is 5.91 Å². The second-order valence-corrected chi connectivity index (χ2v) is 5.28. The summed E-state index contributed by atoms with van der Waals surface area (Å²) in [6, 6.07) is 8.66. The zero-order valence-electron chi connectivity index (χ0n) is 13.0. The van der Waals surface area contributed by atoms with Crippen molar-refractivity contribution < 1.29 is 9.59 Å². The SMILES string of the molecule is CN[C@@H](Cc1ccccc1)C(=O)NC(CCCCN)C(N)=O. The maximum Gasteiger partial charge on any atom is 0.240 e. The van der Waals surface area contributed by atoms with E-state index in [1.54, 1.807) is 7.05 Å². The van der Waals surface area contributed by atoms with Crippen molar-refractivity contribution in [3.63, 3.8) is 0 Å². The normalized spacial score (nSPS) is 13.4. The Hall–Kier alpha value is -1.92. The van der Waals surface area contributed by atoms with Crippen molar-refractivity contribution in [1.29, 1.82) is 0 Å². The van der Waals surface area contributed by atoms with Gasteiger partial charge in [-0.25, -0.2) is 0 Å². The molecule has 2 amide bonds. The number of hydrogen-bond acceptors (Lipinski definition) is 4. The molecular weight excluding hydrogens is 280 g/mol. The van der Waals surface area contributed by atoms with Crippen LogP contribution in [0.4, 0.5) is 0 Å². The average molecular weight is 306 g/mol. The predicted octanol–water partition coefficient (Wildman–Crippen LogP) is -0.0838. The van der Waals surface area contributed by atoms with Crippen molar-refractivity contribution in [1.82, 2.24) is 10.6 Å². The number of unbranched alkanes of at least 4 members (excludes halogenated alkanes) is 1. The number of carbonyl (C=O) groups is 2. The number of nitrogens with one attached hydrogen (secondary N) is 2. The lowest BCUT2D eigenvalue weighted by atomic mass is 10.0. The number of likely N-dealkylation sites (N-methyl/N-ethyl adjacent to an activating group) is 1. The molecule has 0 aliphatic heterocycles. The minimum Gasteiger partial charge on any atom is -0.368 e. The summed E-state index contributed by atoms with van der Waals surface area (Å²) in [7, 11) is 1.72.